The number of hydrogen-bond donors (Lipinski definition) is 2. The van der Waals surface area contributed by atoms with Crippen LogP contribution in [0.4, 0.5) is 0 Å². The van der Waals surface area contributed by atoms with Gasteiger partial charge < -0.3 is 10.2 Å². The summed E-state index contributed by atoms with van der Waals surface area (Å²) >= 11 is 0. The summed E-state index contributed by atoms with van der Waals surface area (Å²) in [5.41, 5.74) is 1.63. The van der Waals surface area contributed by atoms with E-state index in [1.54, 1.807) is 12.3 Å². The zero-order chi connectivity index (χ0) is 19.4. The van der Waals surface area contributed by atoms with Crippen LogP contribution in [0.25, 0.3) is 0 Å². The summed E-state index contributed by atoms with van der Waals surface area (Å²) < 4.78 is 0. The topological polar surface area (TPSA) is 113 Å². The highest BCUT2D eigenvalue weighted by molar-refractivity contribution is 5.85. The van der Waals surface area contributed by atoms with Gasteiger partial charge in [0, 0.05) is 11.9 Å². The molecule has 0 aliphatic heterocycles. The first-order valence-electron chi connectivity index (χ1n) is 8.09. The Hall–Kier alpha value is -2.83. The zero-order valence-corrected chi connectivity index (χ0v) is 15.2. The number of carbonyl (C=O) groups is 2. The van der Waals surface area contributed by atoms with Crippen LogP contribution in [0.2, 0.25) is 0 Å². The van der Waals surface area contributed by atoms with E-state index in [1.165, 1.54) is 12.3 Å². The van der Waals surface area contributed by atoms with E-state index in [0.29, 0.717) is 12.1 Å². The third-order valence-corrected chi connectivity index (χ3v) is 2.85. The van der Waals surface area contributed by atoms with Crippen LogP contribution in [0.1, 0.15) is 72.9 Å². The maximum Gasteiger partial charge on any atom is 0.356 e. The second kappa shape index (κ2) is 11.7. The molecule has 0 unspecified atom stereocenters. The average Bonchev–Trinajstić information content (AvgIpc) is 2.64. The summed E-state index contributed by atoms with van der Waals surface area (Å²) in [6.45, 7) is 9.86. The zero-order valence-electron chi connectivity index (χ0n) is 15.2. The lowest BCUT2D eigenvalue weighted by Crippen LogP contribution is -2.03. The minimum Gasteiger partial charge on any atom is -0.477 e. The van der Waals surface area contributed by atoms with Gasteiger partial charge in [0.25, 0.3) is 0 Å². The lowest BCUT2D eigenvalue weighted by Gasteiger charge is -2.03. The molecule has 0 atom stereocenters. The second-order valence-electron chi connectivity index (χ2n) is 4.96. The molecule has 0 amide bonds. The van der Waals surface area contributed by atoms with Crippen LogP contribution < -0.4 is 0 Å². The molecule has 0 aliphatic carbocycles. The van der Waals surface area contributed by atoms with Crippen LogP contribution in [0.15, 0.2) is 30.6 Å². The van der Waals surface area contributed by atoms with Gasteiger partial charge in [0.1, 0.15) is 5.69 Å². The van der Waals surface area contributed by atoms with E-state index in [-0.39, 0.29) is 17.3 Å². The maximum atomic E-state index is 10.5. The largest absolute Gasteiger partial charge is 0.477 e. The van der Waals surface area contributed by atoms with Crippen LogP contribution in [-0.2, 0) is 6.42 Å². The van der Waals surface area contributed by atoms with Crippen LogP contribution in [0, 0.1) is 0 Å². The predicted molar refractivity (Wildman–Crippen MR) is 95.0 cm³/mol. The standard InChI is InChI=1S/C9H11NO2.C7H8N2O2.C2H6/c1-6(2)7-4-3-5-8(10-7)9(11)12;1-2-5-3-8-4-6(9-5)7(10)11;1-2/h3-6H,1-2H3,(H,11,12);3-4H,2H2,1H3,(H,10,11);1-2H3. The van der Waals surface area contributed by atoms with Gasteiger partial charge in [-0.25, -0.2) is 19.6 Å². The number of carboxylic acid groups (broad SMARTS) is 2. The van der Waals surface area contributed by atoms with E-state index in [9.17, 15) is 9.59 Å². The Morgan fingerprint density at radius 2 is 1.60 bits per heavy atom. The van der Waals surface area contributed by atoms with Gasteiger partial charge in [0.15, 0.2) is 5.69 Å². The summed E-state index contributed by atoms with van der Waals surface area (Å²) in [6.07, 6.45) is 3.50. The highest BCUT2D eigenvalue weighted by Crippen LogP contribution is 2.11. The molecule has 0 radical (unpaired) electrons. The van der Waals surface area contributed by atoms with Gasteiger partial charge in [-0.2, -0.15) is 0 Å². The van der Waals surface area contributed by atoms with Crippen LogP contribution in [-0.4, -0.2) is 37.1 Å². The molecule has 0 spiro atoms. The first kappa shape index (κ1) is 22.2. The van der Waals surface area contributed by atoms with Gasteiger partial charge in [0.05, 0.1) is 11.9 Å². The monoisotopic (exact) mass is 347 g/mol. The summed E-state index contributed by atoms with van der Waals surface area (Å²) in [4.78, 5) is 32.4. The van der Waals surface area contributed by atoms with E-state index in [0.717, 1.165) is 5.69 Å². The highest BCUT2D eigenvalue weighted by atomic mass is 16.4. The van der Waals surface area contributed by atoms with Crippen molar-refractivity contribution in [1.82, 2.24) is 15.0 Å². The van der Waals surface area contributed by atoms with Crippen molar-refractivity contribution in [2.24, 2.45) is 0 Å². The number of carboxylic acids is 2. The second-order valence-corrected chi connectivity index (χ2v) is 4.96. The molecular formula is C18H25N3O4. The van der Waals surface area contributed by atoms with Gasteiger partial charge >= 0.3 is 11.9 Å². The molecule has 0 saturated carbocycles. The van der Waals surface area contributed by atoms with Crippen molar-refractivity contribution in [2.45, 2.75) is 47.0 Å². The molecule has 7 nitrogen and oxygen atoms in total. The fraction of sp³-hybridized carbons (Fsp3) is 0.389. The number of pyridine rings is 1. The number of aryl methyl sites for hydroxylation is 1. The molecule has 2 N–H and O–H groups in total. The summed E-state index contributed by atoms with van der Waals surface area (Å²) in [5.74, 6) is -1.74. The van der Waals surface area contributed by atoms with E-state index in [1.807, 2.05) is 40.7 Å². The third kappa shape index (κ3) is 8.01. The SMILES string of the molecule is CC.CC(C)c1cccc(C(=O)O)n1.CCc1cncc(C(=O)O)n1. The van der Waals surface area contributed by atoms with E-state index in [2.05, 4.69) is 15.0 Å². The van der Waals surface area contributed by atoms with E-state index in [4.69, 9.17) is 10.2 Å². The first-order valence-corrected chi connectivity index (χ1v) is 8.09. The first-order chi connectivity index (χ1) is 11.8. The Bertz CT molecular complexity index is 688. The average molecular weight is 347 g/mol. The number of hydrogen-bond acceptors (Lipinski definition) is 5. The third-order valence-electron chi connectivity index (χ3n) is 2.85. The van der Waals surface area contributed by atoms with Gasteiger partial charge in [0.2, 0.25) is 0 Å². The Balaban J connectivity index is 0.000000421. The summed E-state index contributed by atoms with van der Waals surface area (Å²) in [5, 5.41) is 17.1. The number of nitrogens with zero attached hydrogens (tertiary/aromatic N) is 3. The summed E-state index contributed by atoms with van der Waals surface area (Å²) in [7, 11) is 0. The highest BCUT2D eigenvalue weighted by Gasteiger charge is 2.06. The smallest absolute Gasteiger partial charge is 0.356 e. The number of aromatic nitrogens is 3. The molecule has 25 heavy (non-hydrogen) atoms. The van der Waals surface area contributed by atoms with Crippen molar-refractivity contribution in [1.29, 1.82) is 0 Å². The van der Waals surface area contributed by atoms with E-state index >= 15 is 0 Å². The Morgan fingerprint density at radius 3 is 2.08 bits per heavy atom. The molecule has 0 saturated heterocycles. The van der Waals surface area contributed by atoms with Crippen molar-refractivity contribution < 1.29 is 19.8 Å². The molecular weight excluding hydrogens is 322 g/mol. The van der Waals surface area contributed by atoms with E-state index < -0.39 is 11.9 Å². The molecule has 2 heterocycles. The molecule has 2 rings (SSSR count). The molecule has 2 aromatic heterocycles. The Labute approximate surface area is 147 Å². The molecule has 0 fully saturated rings. The normalized spacial score (nSPS) is 9.36. The Morgan fingerprint density at radius 1 is 1.00 bits per heavy atom. The fourth-order valence-corrected chi connectivity index (χ4v) is 1.57. The predicted octanol–water partition coefficient (Wildman–Crippen LogP) is 3.67. The van der Waals surface area contributed by atoms with Crippen LogP contribution in [0.5, 0.6) is 0 Å². The van der Waals surface area contributed by atoms with Gasteiger partial charge in [-0.05, 0) is 24.5 Å². The van der Waals surface area contributed by atoms with Crippen LogP contribution >= 0.6 is 0 Å². The minimum absolute atomic E-state index is 0.00403. The minimum atomic E-state index is -1.03. The van der Waals surface area contributed by atoms with Crippen molar-refractivity contribution in [3.8, 4) is 0 Å². The maximum absolute atomic E-state index is 10.5. The molecule has 7 heteroatoms. The molecule has 0 bridgehead atoms. The fourth-order valence-electron chi connectivity index (χ4n) is 1.57. The Kier molecular flexibility index (Phi) is 10.3. The molecule has 0 aromatic carbocycles. The van der Waals surface area contributed by atoms with Crippen molar-refractivity contribution >= 4 is 11.9 Å². The number of aromatic carboxylic acids is 2. The van der Waals surface area contributed by atoms with Gasteiger partial charge in [-0.1, -0.05) is 40.7 Å². The van der Waals surface area contributed by atoms with Crippen molar-refractivity contribution in [3.63, 3.8) is 0 Å². The lowest BCUT2D eigenvalue weighted by molar-refractivity contribution is 0.0679. The number of rotatable bonds is 4. The van der Waals surface area contributed by atoms with Gasteiger partial charge in [-0.15, -0.1) is 0 Å². The van der Waals surface area contributed by atoms with Gasteiger partial charge in [-0.3, -0.25) is 4.98 Å². The summed E-state index contributed by atoms with van der Waals surface area (Å²) in [6, 6.07) is 5.04. The quantitative estimate of drug-likeness (QED) is 0.867. The molecule has 0 aliphatic rings. The van der Waals surface area contributed by atoms with Crippen molar-refractivity contribution in [2.75, 3.05) is 0 Å². The van der Waals surface area contributed by atoms with Crippen molar-refractivity contribution in [3.05, 3.63) is 53.4 Å². The molecule has 136 valence electrons. The molecule has 2 aromatic rings. The lowest BCUT2D eigenvalue weighted by atomic mass is 10.1. The van der Waals surface area contributed by atoms with Crippen LogP contribution in [0.3, 0.4) is 0 Å².